The Hall–Kier alpha value is -2.80. The third-order valence-electron chi connectivity index (χ3n) is 4.00. The van der Waals surface area contributed by atoms with Gasteiger partial charge >= 0.3 is 0 Å². The van der Waals surface area contributed by atoms with E-state index in [1.807, 2.05) is 18.2 Å². The van der Waals surface area contributed by atoms with Crippen molar-refractivity contribution in [3.05, 3.63) is 58.9 Å². The summed E-state index contributed by atoms with van der Waals surface area (Å²) >= 11 is 0. The predicted octanol–water partition coefficient (Wildman–Crippen LogP) is 2.85. The molecule has 2 aromatic carbocycles. The fourth-order valence-corrected chi connectivity index (χ4v) is 2.59. The lowest BCUT2D eigenvalue weighted by Gasteiger charge is -2.14. The molecule has 0 aromatic heterocycles. The van der Waals surface area contributed by atoms with Crippen molar-refractivity contribution < 1.29 is 18.6 Å². The van der Waals surface area contributed by atoms with E-state index < -0.39 is 0 Å². The summed E-state index contributed by atoms with van der Waals surface area (Å²) in [5.41, 5.74) is 2.50. The van der Waals surface area contributed by atoms with Crippen LogP contribution in [0.4, 0.5) is 4.39 Å². The van der Waals surface area contributed by atoms with Crippen molar-refractivity contribution in [3.63, 3.8) is 0 Å². The number of hydrogen-bond donors (Lipinski definition) is 2. The van der Waals surface area contributed by atoms with Gasteiger partial charge in [-0.3, -0.25) is 4.99 Å². The largest absolute Gasteiger partial charge is 0.493 e. The molecule has 27 heavy (non-hydrogen) atoms. The Kier molecular flexibility index (Phi) is 7.88. The normalized spacial score (nSPS) is 11.2. The maximum Gasteiger partial charge on any atom is 0.191 e. The third kappa shape index (κ3) is 5.86. The molecule has 0 spiro atoms. The molecule has 146 valence electrons. The van der Waals surface area contributed by atoms with E-state index in [0.717, 1.165) is 11.1 Å². The molecule has 0 saturated heterocycles. The van der Waals surface area contributed by atoms with Gasteiger partial charge in [0, 0.05) is 32.8 Å². The van der Waals surface area contributed by atoms with Gasteiger partial charge in [0.25, 0.3) is 0 Å². The number of nitrogens with zero attached hydrogens (tertiary/aromatic N) is 1. The number of ether oxygens (including phenoxy) is 3. The first-order chi connectivity index (χ1) is 13.1. The Morgan fingerprint density at radius 1 is 0.926 bits per heavy atom. The molecule has 7 heteroatoms. The molecule has 0 saturated carbocycles. The molecule has 0 fully saturated rings. The molecule has 0 aliphatic rings. The molecule has 2 rings (SSSR count). The Morgan fingerprint density at radius 3 is 2.15 bits per heavy atom. The molecule has 6 nitrogen and oxygen atoms in total. The second-order valence-electron chi connectivity index (χ2n) is 5.83. The van der Waals surface area contributed by atoms with Crippen LogP contribution in [0.15, 0.2) is 41.4 Å². The van der Waals surface area contributed by atoms with Gasteiger partial charge in [-0.1, -0.05) is 12.1 Å². The van der Waals surface area contributed by atoms with Gasteiger partial charge in [0.15, 0.2) is 17.5 Å². The predicted molar refractivity (Wildman–Crippen MR) is 104 cm³/mol. The minimum absolute atomic E-state index is 0.242. The summed E-state index contributed by atoms with van der Waals surface area (Å²) < 4.78 is 29.3. The Morgan fingerprint density at radius 2 is 1.56 bits per heavy atom. The van der Waals surface area contributed by atoms with Crippen molar-refractivity contribution >= 4 is 5.96 Å². The van der Waals surface area contributed by atoms with E-state index in [0.29, 0.717) is 36.1 Å². The first kappa shape index (κ1) is 20.5. The minimum Gasteiger partial charge on any atom is -0.493 e. The Labute approximate surface area is 159 Å². The summed E-state index contributed by atoms with van der Waals surface area (Å²) in [6, 6.07) is 10.7. The van der Waals surface area contributed by atoms with E-state index in [2.05, 4.69) is 15.6 Å². The van der Waals surface area contributed by atoms with Crippen molar-refractivity contribution in [2.45, 2.75) is 19.7 Å². The van der Waals surface area contributed by atoms with Gasteiger partial charge in [-0.05, 0) is 35.4 Å². The highest BCUT2D eigenvalue weighted by molar-refractivity contribution is 5.79. The summed E-state index contributed by atoms with van der Waals surface area (Å²) in [4.78, 5) is 4.21. The van der Waals surface area contributed by atoms with Gasteiger partial charge in [0.1, 0.15) is 5.82 Å². The van der Waals surface area contributed by atoms with Crippen LogP contribution in [0.1, 0.15) is 16.7 Å². The van der Waals surface area contributed by atoms with Crippen LogP contribution in [-0.4, -0.2) is 34.3 Å². The average molecular weight is 375 g/mol. The number of hydrogen-bond acceptors (Lipinski definition) is 4. The van der Waals surface area contributed by atoms with Gasteiger partial charge < -0.3 is 24.8 Å². The molecular weight excluding hydrogens is 349 g/mol. The summed E-state index contributed by atoms with van der Waals surface area (Å²) in [5, 5.41) is 6.46. The molecule has 0 heterocycles. The summed E-state index contributed by atoms with van der Waals surface area (Å²) in [6.45, 7) is 1.33. The molecule has 0 bridgehead atoms. The van der Waals surface area contributed by atoms with E-state index in [9.17, 15) is 4.39 Å². The zero-order valence-electron chi connectivity index (χ0n) is 16.1. The SMILES string of the molecule is CN=C(NCc1ccc(F)c(COC)c1)NCc1ccc(OC)c(OC)c1. The molecule has 0 amide bonds. The molecule has 0 unspecified atom stereocenters. The fourth-order valence-electron chi connectivity index (χ4n) is 2.59. The van der Waals surface area contributed by atoms with Crippen LogP contribution in [0.5, 0.6) is 11.5 Å². The Bertz CT molecular complexity index is 781. The molecular formula is C20H26FN3O3. The first-order valence-corrected chi connectivity index (χ1v) is 8.53. The maximum atomic E-state index is 13.7. The lowest BCUT2D eigenvalue weighted by atomic mass is 10.1. The summed E-state index contributed by atoms with van der Waals surface area (Å²) in [5.74, 6) is 1.74. The number of nitrogens with one attached hydrogen (secondary N) is 2. The second-order valence-corrected chi connectivity index (χ2v) is 5.83. The van der Waals surface area contributed by atoms with Crippen molar-refractivity contribution in [1.82, 2.24) is 10.6 Å². The van der Waals surface area contributed by atoms with Crippen LogP contribution in [0, 0.1) is 5.82 Å². The minimum atomic E-state index is -0.267. The highest BCUT2D eigenvalue weighted by Gasteiger charge is 2.07. The van der Waals surface area contributed by atoms with Crippen LogP contribution >= 0.6 is 0 Å². The molecule has 0 aliphatic carbocycles. The first-order valence-electron chi connectivity index (χ1n) is 8.53. The van der Waals surface area contributed by atoms with Gasteiger partial charge in [0.05, 0.1) is 20.8 Å². The number of benzene rings is 2. The van der Waals surface area contributed by atoms with Gasteiger partial charge in [0.2, 0.25) is 0 Å². The quantitative estimate of drug-likeness (QED) is 0.549. The van der Waals surface area contributed by atoms with Crippen molar-refractivity contribution in [3.8, 4) is 11.5 Å². The van der Waals surface area contributed by atoms with Crippen LogP contribution in [-0.2, 0) is 24.4 Å². The standard InChI is InChI=1S/C20H26FN3O3/c1-22-20(23-11-14-5-7-17(21)16(9-14)13-25-2)24-12-15-6-8-18(26-3)19(10-15)27-4/h5-10H,11-13H2,1-4H3,(H2,22,23,24). The van der Waals surface area contributed by atoms with Gasteiger partial charge in [-0.25, -0.2) is 4.39 Å². The number of aliphatic imine (C=N–C) groups is 1. The van der Waals surface area contributed by atoms with Crippen LogP contribution in [0.25, 0.3) is 0 Å². The van der Waals surface area contributed by atoms with Crippen LogP contribution in [0.3, 0.4) is 0 Å². The monoisotopic (exact) mass is 375 g/mol. The van der Waals surface area contributed by atoms with Crippen LogP contribution < -0.4 is 20.1 Å². The lowest BCUT2D eigenvalue weighted by Crippen LogP contribution is -2.36. The lowest BCUT2D eigenvalue weighted by molar-refractivity contribution is 0.181. The third-order valence-corrected chi connectivity index (χ3v) is 4.00. The highest BCUT2D eigenvalue weighted by atomic mass is 19.1. The molecule has 2 aromatic rings. The molecule has 0 radical (unpaired) electrons. The van der Waals surface area contributed by atoms with E-state index in [1.165, 1.54) is 6.07 Å². The van der Waals surface area contributed by atoms with Crippen molar-refractivity contribution in [1.29, 1.82) is 0 Å². The average Bonchev–Trinajstić information content (AvgIpc) is 2.70. The van der Waals surface area contributed by atoms with Crippen molar-refractivity contribution in [2.24, 2.45) is 4.99 Å². The number of guanidine groups is 1. The highest BCUT2D eigenvalue weighted by Crippen LogP contribution is 2.27. The fraction of sp³-hybridized carbons (Fsp3) is 0.350. The van der Waals surface area contributed by atoms with Gasteiger partial charge in [-0.15, -0.1) is 0 Å². The topological polar surface area (TPSA) is 64.1 Å². The summed E-state index contributed by atoms with van der Waals surface area (Å²) in [7, 11) is 6.46. The maximum absolute atomic E-state index is 13.7. The Balaban J connectivity index is 1.94. The molecule has 0 aliphatic heterocycles. The zero-order valence-corrected chi connectivity index (χ0v) is 16.1. The van der Waals surface area contributed by atoms with E-state index >= 15 is 0 Å². The van der Waals surface area contributed by atoms with Crippen molar-refractivity contribution in [2.75, 3.05) is 28.4 Å². The van der Waals surface area contributed by atoms with Gasteiger partial charge in [-0.2, -0.15) is 0 Å². The van der Waals surface area contributed by atoms with E-state index in [1.54, 1.807) is 40.5 Å². The second kappa shape index (κ2) is 10.4. The number of rotatable bonds is 8. The van der Waals surface area contributed by atoms with E-state index in [4.69, 9.17) is 14.2 Å². The summed E-state index contributed by atoms with van der Waals surface area (Å²) in [6.07, 6.45) is 0. The smallest absolute Gasteiger partial charge is 0.191 e. The molecule has 0 atom stereocenters. The van der Waals surface area contributed by atoms with E-state index in [-0.39, 0.29) is 12.4 Å². The van der Waals surface area contributed by atoms with Crippen LogP contribution in [0.2, 0.25) is 0 Å². The molecule has 2 N–H and O–H groups in total. The number of methoxy groups -OCH3 is 3. The number of halogens is 1. The zero-order chi connectivity index (χ0) is 19.6.